The number of para-hydroxylation sites is 1. The van der Waals surface area contributed by atoms with Gasteiger partial charge in [0.15, 0.2) is 0 Å². The number of carbonyl (C=O) groups excluding carboxylic acids is 2. The average molecular weight is 500 g/mol. The maximum atomic E-state index is 12.6. The number of carbonyl (C=O) groups is 4. The number of nitrogens with one attached hydrogen (secondary N) is 2. The highest BCUT2D eigenvalue weighted by Gasteiger charge is 2.25. The quantitative estimate of drug-likeness (QED) is 0.206. The largest absolute Gasteiger partial charge is 0.489 e. The molecule has 194 valence electrons. The van der Waals surface area contributed by atoms with Crippen LogP contribution < -0.4 is 21.1 Å². The standard InChI is InChI=1S/C26H33N3O7/c27-25(34)21(12-14-23(30)31)29-26(35)22(13-15-24(32)33)28-16-4-5-18-8-10-19(11-9-18)17-36-20-6-2-1-3-7-20/h1-3,6-11,21-22,28H,4-5,12-17H2,(H2,27,34)(H,29,35)(H,30,31)(H,32,33). The van der Waals surface area contributed by atoms with E-state index in [4.69, 9.17) is 20.7 Å². The first-order chi connectivity index (χ1) is 17.2. The number of benzene rings is 2. The minimum Gasteiger partial charge on any atom is -0.489 e. The Morgan fingerprint density at radius 1 is 0.833 bits per heavy atom. The molecule has 2 atom stereocenters. The van der Waals surface area contributed by atoms with E-state index in [1.54, 1.807) is 0 Å². The van der Waals surface area contributed by atoms with Crippen LogP contribution in [0.1, 0.15) is 43.2 Å². The van der Waals surface area contributed by atoms with Crippen LogP contribution in [0.2, 0.25) is 0 Å². The molecular formula is C26H33N3O7. The summed E-state index contributed by atoms with van der Waals surface area (Å²) >= 11 is 0. The number of aryl methyl sites for hydroxylation is 1. The van der Waals surface area contributed by atoms with Gasteiger partial charge >= 0.3 is 11.9 Å². The number of hydrogen-bond acceptors (Lipinski definition) is 6. The predicted molar refractivity (Wildman–Crippen MR) is 132 cm³/mol. The van der Waals surface area contributed by atoms with E-state index < -0.39 is 35.8 Å². The number of hydrogen-bond donors (Lipinski definition) is 5. The van der Waals surface area contributed by atoms with Crippen LogP contribution in [0.4, 0.5) is 0 Å². The SMILES string of the molecule is NC(=O)C(CCC(=O)O)NC(=O)C(CCC(=O)O)NCCCc1ccc(COc2ccccc2)cc1. The van der Waals surface area contributed by atoms with Crippen LogP contribution in [0, 0.1) is 0 Å². The van der Waals surface area contributed by atoms with E-state index in [0.29, 0.717) is 19.6 Å². The van der Waals surface area contributed by atoms with Crippen molar-refractivity contribution < 1.29 is 34.1 Å². The Hall–Kier alpha value is -3.92. The minimum absolute atomic E-state index is 0.0156. The Balaban J connectivity index is 1.82. The lowest BCUT2D eigenvalue weighted by Gasteiger charge is -2.21. The Morgan fingerprint density at radius 2 is 1.42 bits per heavy atom. The van der Waals surface area contributed by atoms with E-state index in [1.807, 2.05) is 54.6 Å². The zero-order valence-electron chi connectivity index (χ0n) is 20.0. The summed E-state index contributed by atoms with van der Waals surface area (Å²) in [5, 5.41) is 23.3. The molecule has 0 spiro atoms. The highest BCUT2D eigenvalue weighted by Crippen LogP contribution is 2.13. The maximum Gasteiger partial charge on any atom is 0.303 e. The third-order valence-corrected chi connectivity index (χ3v) is 5.47. The molecule has 0 bridgehead atoms. The van der Waals surface area contributed by atoms with Gasteiger partial charge in [0.2, 0.25) is 11.8 Å². The molecule has 2 rings (SSSR count). The molecule has 10 nitrogen and oxygen atoms in total. The van der Waals surface area contributed by atoms with Crippen LogP contribution >= 0.6 is 0 Å². The van der Waals surface area contributed by atoms with Gasteiger partial charge in [-0.1, -0.05) is 42.5 Å². The number of carboxylic acids is 2. The van der Waals surface area contributed by atoms with Crippen LogP contribution in [0.15, 0.2) is 54.6 Å². The van der Waals surface area contributed by atoms with Gasteiger partial charge in [-0.15, -0.1) is 0 Å². The number of rotatable bonds is 17. The molecule has 0 aliphatic heterocycles. The van der Waals surface area contributed by atoms with Crippen molar-refractivity contribution in [2.24, 2.45) is 5.73 Å². The average Bonchev–Trinajstić information content (AvgIpc) is 2.85. The molecule has 2 aromatic carbocycles. The lowest BCUT2D eigenvalue weighted by atomic mass is 10.1. The fraction of sp³-hybridized carbons (Fsp3) is 0.385. The summed E-state index contributed by atoms with van der Waals surface area (Å²) in [6.45, 7) is 0.901. The summed E-state index contributed by atoms with van der Waals surface area (Å²) in [4.78, 5) is 46.0. The van der Waals surface area contributed by atoms with E-state index in [-0.39, 0.29) is 25.7 Å². The zero-order valence-corrected chi connectivity index (χ0v) is 20.0. The molecule has 0 saturated carbocycles. The third-order valence-electron chi connectivity index (χ3n) is 5.47. The summed E-state index contributed by atoms with van der Waals surface area (Å²) in [5.41, 5.74) is 7.42. The Bertz CT molecular complexity index is 996. The Labute approximate surface area is 209 Å². The van der Waals surface area contributed by atoms with Crippen LogP contribution in [-0.2, 0) is 32.2 Å². The molecular weight excluding hydrogens is 466 g/mol. The molecule has 10 heteroatoms. The zero-order chi connectivity index (χ0) is 26.3. The van der Waals surface area contributed by atoms with E-state index in [1.165, 1.54) is 0 Å². The van der Waals surface area contributed by atoms with Crippen molar-refractivity contribution in [2.75, 3.05) is 6.54 Å². The molecule has 2 amide bonds. The third kappa shape index (κ3) is 11.0. The van der Waals surface area contributed by atoms with E-state index in [9.17, 15) is 19.2 Å². The second-order valence-electron chi connectivity index (χ2n) is 8.36. The van der Waals surface area contributed by atoms with Crippen molar-refractivity contribution in [2.45, 2.75) is 57.2 Å². The summed E-state index contributed by atoms with van der Waals surface area (Å²) in [6, 6.07) is 15.6. The Kier molecular flexibility index (Phi) is 11.9. The topological polar surface area (TPSA) is 168 Å². The lowest BCUT2D eigenvalue weighted by molar-refractivity contribution is -0.139. The molecule has 0 aliphatic rings. The normalized spacial score (nSPS) is 12.3. The van der Waals surface area contributed by atoms with E-state index in [2.05, 4.69) is 10.6 Å². The van der Waals surface area contributed by atoms with Crippen molar-refractivity contribution >= 4 is 23.8 Å². The summed E-state index contributed by atoms with van der Waals surface area (Å²) in [6.07, 6.45) is 0.722. The van der Waals surface area contributed by atoms with Gasteiger partial charge in [-0.25, -0.2) is 0 Å². The monoisotopic (exact) mass is 499 g/mol. The van der Waals surface area contributed by atoms with Gasteiger partial charge in [-0.3, -0.25) is 19.2 Å². The number of amides is 2. The summed E-state index contributed by atoms with van der Waals surface area (Å²) in [7, 11) is 0. The number of aliphatic carboxylic acids is 2. The van der Waals surface area contributed by atoms with Crippen molar-refractivity contribution in [1.82, 2.24) is 10.6 Å². The van der Waals surface area contributed by atoms with E-state index >= 15 is 0 Å². The van der Waals surface area contributed by atoms with Gasteiger partial charge < -0.3 is 31.3 Å². The van der Waals surface area contributed by atoms with Crippen LogP contribution in [-0.4, -0.2) is 52.6 Å². The molecule has 36 heavy (non-hydrogen) atoms. The van der Waals surface area contributed by atoms with Crippen molar-refractivity contribution in [3.8, 4) is 5.75 Å². The van der Waals surface area contributed by atoms with Gasteiger partial charge in [0.05, 0.1) is 6.04 Å². The summed E-state index contributed by atoms with van der Waals surface area (Å²) < 4.78 is 5.74. The van der Waals surface area contributed by atoms with Crippen LogP contribution in [0.3, 0.4) is 0 Å². The van der Waals surface area contributed by atoms with Crippen LogP contribution in [0.25, 0.3) is 0 Å². The summed E-state index contributed by atoms with van der Waals surface area (Å²) in [5.74, 6) is -2.80. The highest BCUT2D eigenvalue weighted by molar-refractivity contribution is 5.89. The smallest absolute Gasteiger partial charge is 0.303 e. The first kappa shape index (κ1) is 28.3. The fourth-order valence-electron chi connectivity index (χ4n) is 3.47. The fourth-order valence-corrected chi connectivity index (χ4v) is 3.47. The number of nitrogens with two attached hydrogens (primary N) is 1. The molecule has 6 N–H and O–H groups in total. The van der Waals surface area contributed by atoms with Gasteiger partial charge in [0.25, 0.3) is 0 Å². The second-order valence-corrected chi connectivity index (χ2v) is 8.36. The molecule has 0 radical (unpaired) electrons. The van der Waals surface area contributed by atoms with Crippen molar-refractivity contribution in [3.63, 3.8) is 0 Å². The Morgan fingerprint density at radius 3 is 2.00 bits per heavy atom. The number of primary amides is 1. The highest BCUT2D eigenvalue weighted by atomic mass is 16.5. The van der Waals surface area contributed by atoms with Gasteiger partial charge in [0, 0.05) is 12.8 Å². The van der Waals surface area contributed by atoms with Gasteiger partial charge in [-0.2, -0.15) is 0 Å². The van der Waals surface area contributed by atoms with Crippen LogP contribution in [0.5, 0.6) is 5.75 Å². The molecule has 0 fully saturated rings. The molecule has 0 saturated heterocycles. The predicted octanol–water partition coefficient (Wildman–Crippen LogP) is 1.86. The molecule has 0 heterocycles. The molecule has 0 aromatic heterocycles. The first-order valence-corrected chi connectivity index (χ1v) is 11.8. The minimum atomic E-state index is -1.15. The van der Waals surface area contributed by atoms with E-state index in [0.717, 1.165) is 23.3 Å². The second kappa shape index (κ2) is 15.2. The van der Waals surface area contributed by atoms with Crippen molar-refractivity contribution in [3.05, 3.63) is 65.7 Å². The number of ether oxygens (including phenoxy) is 1. The lowest BCUT2D eigenvalue weighted by Crippen LogP contribution is -2.52. The van der Waals surface area contributed by atoms with Gasteiger partial charge in [0.1, 0.15) is 18.4 Å². The van der Waals surface area contributed by atoms with Crippen molar-refractivity contribution in [1.29, 1.82) is 0 Å². The molecule has 0 aliphatic carbocycles. The molecule has 2 unspecified atom stereocenters. The first-order valence-electron chi connectivity index (χ1n) is 11.8. The maximum absolute atomic E-state index is 12.6. The number of carboxylic acid groups (broad SMARTS) is 2. The molecule has 2 aromatic rings. The van der Waals surface area contributed by atoms with Gasteiger partial charge in [-0.05, 0) is 55.5 Å².